The van der Waals surface area contributed by atoms with Gasteiger partial charge in [-0.2, -0.15) is 9.67 Å². The van der Waals surface area contributed by atoms with Crippen LogP contribution in [0.2, 0.25) is 5.02 Å². The Hall–Kier alpha value is -3.65. The Morgan fingerprint density at radius 1 is 1.24 bits per heavy atom. The van der Waals surface area contributed by atoms with E-state index >= 15 is 0 Å². The molecule has 9 heteroatoms. The van der Waals surface area contributed by atoms with Crippen molar-refractivity contribution in [1.29, 1.82) is 0 Å². The highest BCUT2D eigenvalue weighted by Gasteiger charge is 2.25. The summed E-state index contributed by atoms with van der Waals surface area (Å²) in [5, 5.41) is 19.9. The van der Waals surface area contributed by atoms with Crippen LogP contribution in [0, 0.1) is 12.1 Å². The first-order valence-corrected chi connectivity index (χ1v) is 9.19. The zero-order valence-electron chi connectivity index (χ0n) is 15.5. The van der Waals surface area contributed by atoms with Gasteiger partial charge in [-0.1, -0.05) is 29.8 Å². The second kappa shape index (κ2) is 7.76. The molecule has 0 saturated heterocycles. The maximum absolute atomic E-state index is 12.6. The first kappa shape index (κ1) is 18.7. The number of carbonyl (C=O) groups excluding carboxylic acids is 1. The number of anilines is 1. The number of hydrogen-bond acceptors (Lipinski definition) is 4. The zero-order chi connectivity index (χ0) is 20.4. The SMILES string of the molecule is Cc1c(C(=O)Nc2ccccc2)[n+]([O-])cn1-c1ccc(Cl)c(Cn2cncn2)c1. The Morgan fingerprint density at radius 2 is 2.03 bits per heavy atom. The summed E-state index contributed by atoms with van der Waals surface area (Å²) in [6, 6.07) is 14.4. The smallest absolute Gasteiger partial charge is 0.300 e. The van der Waals surface area contributed by atoms with Gasteiger partial charge in [0.1, 0.15) is 18.3 Å². The van der Waals surface area contributed by atoms with E-state index in [1.807, 2.05) is 24.3 Å². The van der Waals surface area contributed by atoms with E-state index in [-0.39, 0.29) is 5.69 Å². The number of rotatable bonds is 5. The first-order chi connectivity index (χ1) is 14.0. The minimum atomic E-state index is -0.473. The molecule has 0 atom stereocenters. The van der Waals surface area contributed by atoms with E-state index in [4.69, 9.17) is 11.6 Å². The predicted octanol–water partition coefficient (Wildman–Crippen LogP) is 2.96. The fourth-order valence-electron chi connectivity index (χ4n) is 3.08. The van der Waals surface area contributed by atoms with Crippen molar-refractivity contribution >= 4 is 23.2 Å². The lowest BCUT2D eigenvalue weighted by Crippen LogP contribution is -2.34. The lowest BCUT2D eigenvalue weighted by molar-refractivity contribution is -0.606. The van der Waals surface area contributed by atoms with Gasteiger partial charge in [-0.3, -0.25) is 4.79 Å². The molecule has 4 aromatic rings. The average Bonchev–Trinajstić information content (AvgIpc) is 3.32. The standard InChI is InChI=1S/C20H17ClN6O2/c1-14-19(20(28)24-16-5-3-2-4-6-16)27(29)13-26(14)17-7-8-18(21)15(9-17)10-25-12-22-11-23-25/h2-9,11-13H,10H2,1H3,(H,24,28). The quantitative estimate of drug-likeness (QED) is 0.406. The highest BCUT2D eigenvalue weighted by atomic mass is 35.5. The number of hydrogen-bond donors (Lipinski definition) is 1. The number of carbonyl (C=O) groups is 1. The number of para-hydroxylation sites is 1. The average molecular weight is 409 g/mol. The van der Waals surface area contributed by atoms with Gasteiger partial charge in [0.05, 0.1) is 6.54 Å². The van der Waals surface area contributed by atoms with E-state index in [1.54, 1.807) is 46.8 Å². The molecule has 0 saturated carbocycles. The normalized spacial score (nSPS) is 10.8. The number of benzene rings is 2. The van der Waals surface area contributed by atoms with Gasteiger partial charge in [0, 0.05) is 17.6 Å². The number of halogens is 1. The number of nitrogens with one attached hydrogen (secondary N) is 1. The van der Waals surface area contributed by atoms with Crippen LogP contribution in [0.25, 0.3) is 5.69 Å². The van der Waals surface area contributed by atoms with E-state index in [1.165, 1.54) is 12.7 Å². The Bertz CT molecular complexity index is 1160. The minimum absolute atomic E-state index is 0.0293. The molecule has 0 aliphatic carbocycles. The summed E-state index contributed by atoms with van der Waals surface area (Å²) in [6.45, 7) is 2.16. The molecule has 0 radical (unpaired) electrons. The molecule has 0 spiro atoms. The van der Waals surface area contributed by atoms with Gasteiger partial charge >= 0.3 is 0 Å². The van der Waals surface area contributed by atoms with Crippen molar-refractivity contribution < 1.29 is 9.52 Å². The topological polar surface area (TPSA) is 91.7 Å². The Labute approximate surface area is 171 Å². The Kier molecular flexibility index (Phi) is 5.01. The van der Waals surface area contributed by atoms with E-state index in [0.29, 0.717) is 33.4 Å². The van der Waals surface area contributed by atoms with Gasteiger partial charge in [0.15, 0.2) is 5.69 Å². The van der Waals surface area contributed by atoms with Gasteiger partial charge < -0.3 is 10.5 Å². The van der Waals surface area contributed by atoms with Crippen molar-refractivity contribution in [2.75, 3.05) is 5.32 Å². The second-order valence-corrected chi connectivity index (χ2v) is 6.84. The van der Waals surface area contributed by atoms with Crippen LogP contribution in [0.3, 0.4) is 0 Å². The van der Waals surface area contributed by atoms with E-state index in [9.17, 15) is 10.0 Å². The molecule has 2 aromatic heterocycles. The maximum atomic E-state index is 12.6. The van der Waals surface area contributed by atoms with Crippen LogP contribution in [0.5, 0.6) is 0 Å². The highest BCUT2D eigenvalue weighted by molar-refractivity contribution is 6.31. The minimum Gasteiger partial charge on any atom is -0.710 e. The van der Waals surface area contributed by atoms with Gasteiger partial charge in [0.25, 0.3) is 12.2 Å². The fraction of sp³-hybridized carbons (Fsp3) is 0.100. The van der Waals surface area contributed by atoms with Gasteiger partial charge in [-0.25, -0.2) is 14.4 Å². The van der Waals surface area contributed by atoms with Crippen LogP contribution in [-0.2, 0) is 6.54 Å². The third kappa shape index (κ3) is 3.83. The summed E-state index contributed by atoms with van der Waals surface area (Å²) in [5.41, 5.74) is 2.69. The van der Waals surface area contributed by atoms with Crippen LogP contribution in [-0.4, -0.2) is 25.2 Å². The van der Waals surface area contributed by atoms with Crippen molar-refractivity contribution in [3.63, 3.8) is 0 Å². The molecule has 146 valence electrons. The molecule has 2 heterocycles. The van der Waals surface area contributed by atoms with Crippen LogP contribution >= 0.6 is 11.6 Å². The molecular formula is C20H17ClN6O2. The molecule has 0 unspecified atom stereocenters. The van der Waals surface area contributed by atoms with E-state index in [2.05, 4.69) is 15.4 Å². The molecule has 1 amide bonds. The van der Waals surface area contributed by atoms with Crippen molar-refractivity contribution in [3.05, 3.63) is 94.7 Å². The monoisotopic (exact) mass is 408 g/mol. The summed E-state index contributed by atoms with van der Waals surface area (Å²) in [4.78, 5) is 16.6. The maximum Gasteiger partial charge on any atom is 0.300 e. The third-order valence-corrected chi connectivity index (χ3v) is 4.87. The van der Waals surface area contributed by atoms with E-state index in [0.717, 1.165) is 5.56 Å². The number of aromatic nitrogens is 5. The molecule has 0 fully saturated rings. The lowest BCUT2D eigenvalue weighted by atomic mass is 10.2. The molecule has 4 rings (SSSR count). The van der Waals surface area contributed by atoms with Gasteiger partial charge in [-0.05, 0) is 35.9 Å². The molecule has 0 aliphatic heterocycles. The summed E-state index contributed by atoms with van der Waals surface area (Å²) in [6.07, 6.45) is 4.38. The van der Waals surface area contributed by atoms with Crippen LogP contribution < -0.4 is 10.0 Å². The predicted molar refractivity (Wildman–Crippen MR) is 108 cm³/mol. The van der Waals surface area contributed by atoms with Gasteiger partial charge in [0.2, 0.25) is 5.69 Å². The second-order valence-electron chi connectivity index (χ2n) is 6.43. The third-order valence-electron chi connectivity index (χ3n) is 4.50. The van der Waals surface area contributed by atoms with E-state index < -0.39 is 5.91 Å². The lowest BCUT2D eigenvalue weighted by Gasteiger charge is -2.07. The van der Waals surface area contributed by atoms with Crippen molar-refractivity contribution in [3.8, 4) is 5.69 Å². The van der Waals surface area contributed by atoms with Crippen LogP contribution in [0.4, 0.5) is 5.69 Å². The molecule has 2 aromatic carbocycles. The zero-order valence-corrected chi connectivity index (χ0v) is 16.2. The summed E-state index contributed by atoms with van der Waals surface area (Å²) in [5.74, 6) is -0.473. The molecular weight excluding hydrogens is 392 g/mol. The van der Waals surface area contributed by atoms with Crippen molar-refractivity contribution in [2.45, 2.75) is 13.5 Å². The molecule has 0 bridgehead atoms. The summed E-state index contributed by atoms with van der Waals surface area (Å²) >= 11 is 6.32. The first-order valence-electron chi connectivity index (χ1n) is 8.81. The summed E-state index contributed by atoms with van der Waals surface area (Å²) in [7, 11) is 0. The largest absolute Gasteiger partial charge is 0.710 e. The Morgan fingerprint density at radius 3 is 2.76 bits per heavy atom. The fourth-order valence-corrected chi connectivity index (χ4v) is 3.26. The molecule has 1 N–H and O–H groups in total. The van der Waals surface area contributed by atoms with Crippen molar-refractivity contribution in [2.24, 2.45) is 0 Å². The van der Waals surface area contributed by atoms with Crippen LogP contribution in [0.1, 0.15) is 21.7 Å². The van der Waals surface area contributed by atoms with Crippen LogP contribution in [0.15, 0.2) is 67.5 Å². The highest BCUT2D eigenvalue weighted by Crippen LogP contribution is 2.22. The van der Waals surface area contributed by atoms with Crippen molar-refractivity contribution in [1.82, 2.24) is 19.3 Å². The molecule has 29 heavy (non-hydrogen) atoms. The number of imidazole rings is 1. The summed E-state index contributed by atoms with van der Waals surface area (Å²) < 4.78 is 3.88. The molecule has 8 nitrogen and oxygen atoms in total. The number of nitrogens with zero attached hydrogens (tertiary/aromatic N) is 5. The van der Waals surface area contributed by atoms with Gasteiger partial charge in [-0.15, -0.1) is 0 Å². The number of amides is 1. The Balaban J connectivity index is 1.66. The molecule has 0 aliphatic rings.